The van der Waals surface area contributed by atoms with Crippen molar-refractivity contribution in [1.29, 1.82) is 0 Å². The largest absolute Gasteiger partial charge is 0.436 e. The summed E-state index contributed by atoms with van der Waals surface area (Å²) in [6.45, 7) is 11.0. The Morgan fingerprint density at radius 2 is 1.68 bits per heavy atom. The van der Waals surface area contributed by atoms with Crippen molar-refractivity contribution < 1.29 is 18.8 Å². The third-order valence-corrected chi connectivity index (χ3v) is 14.1. The summed E-state index contributed by atoms with van der Waals surface area (Å²) in [6.07, 6.45) is 10.2. The lowest BCUT2D eigenvalue weighted by molar-refractivity contribution is -0.183. The fraction of sp³-hybridized carbons (Fsp3) is 0.923. The van der Waals surface area contributed by atoms with Crippen LogP contribution in [0.1, 0.15) is 98.8 Å². The molecule has 0 spiro atoms. The van der Waals surface area contributed by atoms with E-state index in [9.17, 15) is 9.59 Å². The lowest BCUT2D eigenvalue weighted by atomic mass is 9.62. The Kier molecular flexibility index (Phi) is 8.45. The minimum atomic E-state index is -1.87. The van der Waals surface area contributed by atoms with Crippen LogP contribution in [0.3, 0.4) is 0 Å². The third-order valence-electron chi connectivity index (χ3n) is 9.48. The van der Waals surface area contributed by atoms with Crippen LogP contribution < -0.4 is 0 Å². The monoisotopic (exact) mass is 450 g/mol. The normalized spacial score (nSPS) is 31.8. The van der Waals surface area contributed by atoms with Gasteiger partial charge in [0.1, 0.15) is 5.78 Å². The van der Waals surface area contributed by atoms with E-state index in [1.807, 2.05) is 6.92 Å². The second kappa shape index (κ2) is 10.5. The molecule has 3 saturated carbocycles. The van der Waals surface area contributed by atoms with Crippen LogP contribution in [0.2, 0.25) is 18.1 Å². The van der Waals surface area contributed by atoms with Crippen molar-refractivity contribution in [2.75, 3.05) is 0 Å². The smallest absolute Gasteiger partial charge is 0.311 e. The molecule has 0 N–H and O–H groups in total. The Bertz CT molecular complexity index is 617. The number of hydrogen-bond acceptors (Lipinski definition) is 4. The topological polar surface area (TPSA) is 52.6 Å². The highest BCUT2D eigenvalue weighted by Crippen LogP contribution is 2.56. The average Bonchev–Trinajstić information content (AvgIpc) is 3.15. The molecule has 0 bridgehead atoms. The first-order valence-corrected chi connectivity index (χ1v) is 15.7. The van der Waals surface area contributed by atoms with Gasteiger partial charge >= 0.3 is 5.97 Å². The van der Waals surface area contributed by atoms with Gasteiger partial charge in [-0.1, -0.05) is 53.9 Å². The maximum Gasteiger partial charge on any atom is 0.311 e. The zero-order chi connectivity index (χ0) is 22.6. The highest BCUT2D eigenvalue weighted by atomic mass is 28.4. The number of ether oxygens (including phenoxy) is 1. The number of ketones is 1. The number of esters is 1. The fourth-order valence-electron chi connectivity index (χ4n) is 7.05. The van der Waals surface area contributed by atoms with Crippen molar-refractivity contribution in [3.63, 3.8) is 0 Å². The highest BCUT2D eigenvalue weighted by molar-refractivity contribution is 6.73. The van der Waals surface area contributed by atoms with E-state index >= 15 is 0 Å². The molecule has 5 atom stereocenters. The number of Topliss-reactive ketones (excluding diaryl/α,β-unsaturated/α-hetero) is 1. The molecular formula is C26H46O4Si. The van der Waals surface area contributed by atoms with Gasteiger partial charge in [-0.2, -0.15) is 0 Å². The molecule has 3 aliphatic carbocycles. The van der Waals surface area contributed by atoms with Crippen molar-refractivity contribution in [2.24, 2.45) is 29.1 Å². The van der Waals surface area contributed by atoms with E-state index in [2.05, 4.69) is 27.7 Å². The average molecular weight is 451 g/mol. The van der Waals surface area contributed by atoms with E-state index in [4.69, 9.17) is 9.16 Å². The van der Waals surface area contributed by atoms with Crippen LogP contribution in [0.4, 0.5) is 0 Å². The van der Waals surface area contributed by atoms with E-state index in [1.54, 1.807) is 0 Å². The fourth-order valence-corrected chi connectivity index (χ4v) is 9.78. The molecule has 0 aromatic rings. The summed E-state index contributed by atoms with van der Waals surface area (Å²) in [6, 6.07) is 3.21. The van der Waals surface area contributed by atoms with Gasteiger partial charge in [-0.05, 0) is 68.0 Å². The minimum Gasteiger partial charge on any atom is -0.436 e. The quantitative estimate of drug-likeness (QED) is 0.218. The molecular weight excluding hydrogens is 404 g/mol. The van der Waals surface area contributed by atoms with Crippen LogP contribution in [0.5, 0.6) is 0 Å². The molecule has 4 nitrogen and oxygen atoms in total. The lowest BCUT2D eigenvalue weighted by Gasteiger charge is -2.42. The molecule has 0 heterocycles. The number of hydrogen-bond donors (Lipinski definition) is 0. The molecule has 0 aromatic carbocycles. The van der Waals surface area contributed by atoms with Crippen molar-refractivity contribution in [1.82, 2.24) is 0 Å². The van der Waals surface area contributed by atoms with Crippen LogP contribution in [0, 0.1) is 29.1 Å². The Balaban J connectivity index is 1.74. The predicted octanol–water partition coefficient (Wildman–Crippen LogP) is 6.88. The third kappa shape index (κ3) is 5.13. The van der Waals surface area contributed by atoms with Gasteiger partial charge in [0, 0.05) is 18.3 Å². The van der Waals surface area contributed by atoms with Crippen LogP contribution in [-0.4, -0.2) is 26.4 Å². The van der Waals surface area contributed by atoms with Gasteiger partial charge in [-0.15, -0.1) is 0 Å². The van der Waals surface area contributed by atoms with Gasteiger partial charge in [0.15, 0.2) is 14.6 Å². The van der Waals surface area contributed by atoms with Crippen molar-refractivity contribution >= 4 is 20.1 Å². The molecule has 3 rings (SSSR count). The summed E-state index contributed by atoms with van der Waals surface area (Å²) in [4.78, 5) is 26.0. The second-order valence-electron chi connectivity index (χ2n) is 10.9. The molecule has 31 heavy (non-hydrogen) atoms. The number of fused-ring (bicyclic) bond motifs is 1. The molecule has 2 unspecified atom stereocenters. The SMILES string of the molecule is CC[Si](CC)(CC)OC(OC(=O)C(C)[C@H]1CC[C@H]2C(=O)CCC[C@]12C)C1CCCCC1. The lowest BCUT2D eigenvalue weighted by Crippen LogP contribution is -2.46. The number of carbonyl (C=O) groups is 2. The van der Waals surface area contributed by atoms with E-state index < -0.39 is 8.32 Å². The summed E-state index contributed by atoms with van der Waals surface area (Å²) in [5, 5.41) is 0. The van der Waals surface area contributed by atoms with E-state index in [0.29, 0.717) is 11.7 Å². The number of carbonyl (C=O) groups excluding carboxylic acids is 2. The van der Waals surface area contributed by atoms with Crippen molar-refractivity contribution in [3.8, 4) is 0 Å². The molecule has 3 fully saturated rings. The Labute approximate surface area is 191 Å². The molecule has 5 heteroatoms. The Morgan fingerprint density at radius 3 is 2.29 bits per heavy atom. The maximum atomic E-state index is 13.5. The van der Waals surface area contributed by atoms with Crippen LogP contribution >= 0.6 is 0 Å². The van der Waals surface area contributed by atoms with Gasteiger partial charge in [0.2, 0.25) is 0 Å². The van der Waals surface area contributed by atoms with Crippen molar-refractivity contribution in [2.45, 2.75) is 123 Å². The minimum absolute atomic E-state index is 0.0380. The van der Waals surface area contributed by atoms with Crippen LogP contribution in [-0.2, 0) is 18.8 Å². The Morgan fingerprint density at radius 1 is 1.03 bits per heavy atom. The summed E-state index contributed by atoms with van der Waals surface area (Å²) in [7, 11) is -1.87. The molecule has 0 aromatic heterocycles. The zero-order valence-corrected chi connectivity index (χ0v) is 21.7. The van der Waals surface area contributed by atoms with E-state index in [1.165, 1.54) is 19.3 Å². The molecule has 0 amide bonds. The van der Waals surface area contributed by atoms with Crippen molar-refractivity contribution in [3.05, 3.63) is 0 Å². The first-order valence-electron chi connectivity index (χ1n) is 13.2. The summed E-state index contributed by atoms with van der Waals surface area (Å²) in [5.41, 5.74) is -0.0380. The molecule has 3 aliphatic rings. The predicted molar refractivity (Wildman–Crippen MR) is 127 cm³/mol. The molecule has 0 saturated heterocycles. The first-order chi connectivity index (χ1) is 14.8. The summed E-state index contributed by atoms with van der Waals surface area (Å²) >= 11 is 0. The van der Waals surface area contributed by atoms with Gasteiger partial charge < -0.3 is 9.16 Å². The highest BCUT2D eigenvalue weighted by Gasteiger charge is 2.54. The summed E-state index contributed by atoms with van der Waals surface area (Å²) < 4.78 is 13.1. The second-order valence-corrected chi connectivity index (χ2v) is 15.6. The zero-order valence-electron chi connectivity index (χ0n) is 20.7. The van der Waals surface area contributed by atoms with Gasteiger partial charge in [0.05, 0.1) is 5.92 Å². The molecule has 0 radical (unpaired) electrons. The van der Waals surface area contributed by atoms with Gasteiger partial charge in [-0.25, -0.2) is 0 Å². The molecule has 0 aliphatic heterocycles. The standard InChI is InChI=1S/C26H46O4Si/c1-6-31(7-2,8-3)30-25(20-13-10-9-11-14-20)29-24(28)19(4)21-16-17-22-23(27)15-12-18-26(21,22)5/h19-22,25H,6-18H2,1-5H3/t19?,21-,22+,25?,26-/m1/s1. The first kappa shape index (κ1) is 24.9. The molecule has 178 valence electrons. The van der Waals surface area contributed by atoms with Gasteiger partial charge in [-0.3, -0.25) is 9.59 Å². The van der Waals surface area contributed by atoms with Gasteiger partial charge in [0.25, 0.3) is 0 Å². The van der Waals surface area contributed by atoms with E-state index in [0.717, 1.165) is 63.1 Å². The van der Waals surface area contributed by atoms with E-state index in [-0.39, 0.29) is 35.4 Å². The Hall–Kier alpha value is -0.683. The van der Waals surface area contributed by atoms with Crippen LogP contribution in [0.15, 0.2) is 0 Å². The van der Waals surface area contributed by atoms with Crippen LogP contribution in [0.25, 0.3) is 0 Å². The summed E-state index contributed by atoms with van der Waals surface area (Å²) in [5.74, 6) is 0.886. The number of rotatable bonds is 9. The maximum absolute atomic E-state index is 13.5.